The van der Waals surface area contributed by atoms with Gasteiger partial charge in [0.05, 0.1) is 12.6 Å². The molecule has 6 nitrogen and oxygen atoms in total. The van der Waals surface area contributed by atoms with Crippen molar-refractivity contribution in [3.8, 4) is 5.75 Å². The van der Waals surface area contributed by atoms with Crippen LogP contribution in [-0.4, -0.2) is 50.6 Å². The molecule has 0 bridgehead atoms. The van der Waals surface area contributed by atoms with Crippen molar-refractivity contribution in [2.45, 2.75) is 26.3 Å². The zero-order valence-electron chi connectivity index (χ0n) is 17.8. The van der Waals surface area contributed by atoms with Gasteiger partial charge in [-0.3, -0.25) is 4.79 Å². The van der Waals surface area contributed by atoms with Crippen molar-refractivity contribution in [2.24, 2.45) is 4.99 Å². The number of likely N-dealkylation sites (N-methyl/N-ethyl adjacent to an activating group) is 1. The Labute approximate surface area is 174 Å². The van der Waals surface area contributed by atoms with Crippen molar-refractivity contribution in [1.82, 2.24) is 15.5 Å². The summed E-state index contributed by atoms with van der Waals surface area (Å²) in [6, 6.07) is 18.3. The van der Waals surface area contributed by atoms with E-state index in [2.05, 4.69) is 46.8 Å². The number of carbonyl (C=O) groups is 1. The van der Waals surface area contributed by atoms with Gasteiger partial charge in [0, 0.05) is 20.6 Å². The summed E-state index contributed by atoms with van der Waals surface area (Å²) in [7, 11) is 3.46. The van der Waals surface area contributed by atoms with E-state index in [9.17, 15) is 4.79 Å². The number of nitrogens with one attached hydrogen (secondary N) is 2. The van der Waals surface area contributed by atoms with E-state index < -0.39 is 0 Å². The van der Waals surface area contributed by atoms with Gasteiger partial charge in [-0.05, 0) is 43.5 Å². The van der Waals surface area contributed by atoms with Crippen LogP contribution in [0.2, 0.25) is 0 Å². The highest BCUT2D eigenvalue weighted by molar-refractivity contribution is 5.85. The van der Waals surface area contributed by atoms with Gasteiger partial charge in [0.25, 0.3) is 0 Å². The van der Waals surface area contributed by atoms with E-state index >= 15 is 0 Å². The van der Waals surface area contributed by atoms with Crippen LogP contribution in [0.25, 0.3) is 0 Å². The van der Waals surface area contributed by atoms with Crippen molar-refractivity contribution >= 4 is 11.9 Å². The number of aliphatic imine (C=N–C) groups is 1. The first kappa shape index (κ1) is 22.3. The number of nitrogens with zero attached hydrogens (tertiary/aromatic N) is 2. The Kier molecular flexibility index (Phi) is 9.02. The molecule has 0 saturated carbocycles. The first-order chi connectivity index (χ1) is 14.0. The Morgan fingerprint density at radius 2 is 1.90 bits per heavy atom. The molecule has 2 N–H and O–H groups in total. The number of hydrogen-bond acceptors (Lipinski definition) is 3. The van der Waals surface area contributed by atoms with E-state index in [0.717, 1.165) is 17.7 Å². The Hall–Kier alpha value is -3.02. The predicted octanol–water partition coefficient (Wildman–Crippen LogP) is 3.01. The number of guanidine groups is 1. The first-order valence-corrected chi connectivity index (χ1v) is 10.0. The van der Waals surface area contributed by atoms with Crippen molar-refractivity contribution in [2.75, 3.05) is 33.8 Å². The maximum atomic E-state index is 11.9. The summed E-state index contributed by atoms with van der Waals surface area (Å²) in [5.41, 5.74) is 2.34. The molecule has 0 radical (unpaired) electrons. The van der Waals surface area contributed by atoms with Gasteiger partial charge in [0.2, 0.25) is 5.91 Å². The molecule has 0 aliphatic heterocycles. The van der Waals surface area contributed by atoms with Gasteiger partial charge in [0.1, 0.15) is 12.3 Å². The molecule has 1 amide bonds. The minimum atomic E-state index is -0.0390. The number of amides is 1. The lowest BCUT2D eigenvalue weighted by molar-refractivity contribution is -0.127. The molecule has 0 saturated heterocycles. The molecule has 0 heterocycles. The SMILES string of the molecule is CCOc1cccc(CCNC(=NCC(=O)N(C)C)NC(C)c2ccccc2)c1. The molecule has 156 valence electrons. The summed E-state index contributed by atoms with van der Waals surface area (Å²) in [6.07, 6.45) is 0.822. The molecular weight excluding hydrogens is 364 g/mol. The molecule has 2 aromatic carbocycles. The molecule has 2 aromatic rings. The summed E-state index contributed by atoms with van der Waals surface area (Å²) in [5, 5.41) is 6.73. The molecule has 0 aliphatic carbocycles. The monoisotopic (exact) mass is 396 g/mol. The molecule has 0 aliphatic rings. The summed E-state index contributed by atoms with van der Waals surface area (Å²) in [5.74, 6) is 1.46. The quantitative estimate of drug-likeness (QED) is 0.505. The highest BCUT2D eigenvalue weighted by Gasteiger charge is 2.09. The lowest BCUT2D eigenvalue weighted by atomic mass is 10.1. The second kappa shape index (κ2) is 11.7. The molecule has 1 atom stereocenters. The van der Waals surface area contributed by atoms with Gasteiger partial charge in [-0.1, -0.05) is 42.5 Å². The molecule has 29 heavy (non-hydrogen) atoms. The van der Waals surface area contributed by atoms with Crippen LogP contribution in [-0.2, 0) is 11.2 Å². The molecular formula is C23H32N4O2. The van der Waals surface area contributed by atoms with E-state index in [1.54, 1.807) is 19.0 Å². The molecule has 0 aromatic heterocycles. The summed E-state index contributed by atoms with van der Waals surface area (Å²) in [6.45, 7) is 5.50. The molecule has 0 spiro atoms. The topological polar surface area (TPSA) is 66.0 Å². The Bertz CT molecular complexity index is 790. The average molecular weight is 397 g/mol. The fraction of sp³-hybridized carbons (Fsp3) is 0.391. The lowest BCUT2D eigenvalue weighted by Crippen LogP contribution is -2.40. The number of ether oxygens (including phenoxy) is 1. The lowest BCUT2D eigenvalue weighted by Gasteiger charge is -2.19. The number of hydrogen-bond donors (Lipinski definition) is 2. The van der Waals surface area contributed by atoms with E-state index in [-0.39, 0.29) is 18.5 Å². The van der Waals surface area contributed by atoms with Gasteiger partial charge in [-0.2, -0.15) is 0 Å². The van der Waals surface area contributed by atoms with Crippen molar-refractivity contribution in [1.29, 1.82) is 0 Å². The standard InChI is InChI=1S/C23H32N4O2/c1-5-29-21-13-9-10-19(16-21)14-15-24-23(25-17-22(28)27(3)4)26-18(2)20-11-7-6-8-12-20/h6-13,16,18H,5,14-15,17H2,1-4H3,(H2,24,25,26). The Balaban J connectivity index is 1.99. The maximum absolute atomic E-state index is 11.9. The zero-order chi connectivity index (χ0) is 21.1. The van der Waals surface area contributed by atoms with Crippen LogP contribution in [0.15, 0.2) is 59.6 Å². The number of rotatable bonds is 9. The smallest absolute Gasteiger partial charge is 0.243 e. The third kappa shape index (κ3) is 7.86. The third-order valence-electron chi connectivity index (χ3n) is 4.44. The minimum absolute atomic E-state index is 0.0390. The number of benzene rings is 2. The molecule has 0 fully saturated rings. The van der Waals surface area contributed by atoms with Crippen LogP contribution < -0.4 is 15.4 Å². The van der Waals surface area contributed by atoms with Crippen LogP contribution >= 0.6 is 0 Å². The van der Waals surface area contributed by atoms with Crippen LogP contribution in [0.3, 0.4) is 0 Å². The van der Waals surface area contributed by atoms with Crippen molar-refractivity contribution < 1.29 is 9.53 Å². The van der Waals surface area contributed by atoms with Crippen molar-refractivity contribution in [3.63, 3.8) is 0 Å². The van der Waals surface area contributed by atoms with E-state index in [1.807, 2.05) is 37.3 Å². The molecule has 2 rings (SSSR count). The second-order valence-corrected chi connectivity index (χ2v) is 6.99. The summed E-state index contributed by atoms with van der Waals surface area (Å²) >= 11 is 0. The highest BCUT2D eigenvalue weighted by atomic mass is 16.5. The highest BCUT2D eigenvalue weighted by Crippen LogP contribution is 2.13. The van der Waals surface area contributed by atoms with Gasteiger partial charge in [-0.15, -0.1) is 0 Å². The minimum Gasteiger partial charge on any atom is -0.494 e. The maximum Gasteiger partial charge on any atom is 0.243 e. The van der Waals surface area contributed by atoms with Crippen LogP contribution in [0.4, 0.5) is 0 Å². The zero-order valence-corrected chi connectivity index (χ0v) is 17.8. The van der Waals surface area contributed by atoms with Crippen molar-refractivity contribution in [3.05, 3.63) is 65.7 Å². The Morgan fingerprint density at radius 3 is 2.59 bits per heavy atom. The van der Waals surface area contributed by atoms with Gasteiger partial charge in [0.15, 0.2) is 5.96 Å². The fourth-order valence-electron chi connectivity index (χ4n) is 2.75. The largest absolute Gasteiger partial charge is 0.494 e. The third-order valence-corrected chi connectivity index (χ3v) is 4.44. The molecule has 6 heteroatoms. The van der Waals surface area contributed by atoms with Crippen LogP contribution in [0, 0.1) is 0 Å². The molecule has 1 unspecified atom stereocenters. The van der Waals surface area contributed by atoms with E-state index in [0.29, 0.717) is 19.1 Å². The number of carbonyl (C=O) groups excluding carboxylic acids is 1. The average Bonchev–Trinajstić information content (AvgIpc) is 2.72. The van der Waals surface area contributed by atoms with Gasteiger partial charge in [-0.25, -0.2) is 4.99 Å². The second-order valence-electron chi connectivity index (χ2n) is 6.99. The van der Waals surface area contributed by atoms with Gasteiger partial charge >= 0.3 is 0 Å². The van der Waals surface area contributed by atoms with Crippen LogP contribution in [0.5, 0.6) is 5.75 Å². The van der Waals surface area contributed by atoms with E-state index in [4.69, 9.17) is 4.74 Å². The summed E-state index contributed by atoms with van der Waals surface area (Å²) in [4.78, 5) is 18.0. The fourth-order valence-corrected chi connectivity index (χ4v) is 2.75. The van der Waals surface area contributed by atoms with Crippen LogP contribution in [0.1, 0.15) is 31.0 Å². The van der Waals surface area contributed by atoms with E-state index in [1.165, 1.54) is 5.56 Å². The summed E-state index contributed by atoms with van der Waals surface area (Å²) < 4.78 is 5.56. The normalized spacial score (nSPS) is 12.2. The first-order valence-electron chi connectivity index (χ1n) is 10.0. The predicted molar refractivity (Wildman–Crippen MR) is 118 cm³/mol. The van der Waals surface area contributed by atoms with Gasteiger partial charge < -0.3 is 20.3 Å². The Morgan fingerprint density at radius 1 is 1.14 bits per heavy atom.